The summed E-state index contributed by atoms with van der Waals surface area (Å²) in [7, 11) is 3.41. The van der Waals surface area contributed by atoms with Crippen molar-refractivity contribution in [3.8, 4) is 0 Å². The fraction of sp³-hybridized carbons (Fsp3) is 1.00. The monoisotopic (exact) mass is 432 g/mol. The summed E-state index contributed by atoms with van der Waals surface area (Å²) in [5.74, 6) is 3.03. The van der Waals surface area contributed by atoms with E-state index in [4.69, 9.17) is 18.9 Å². The smallest absolute Gasteiger partial charge is 0.157 e. The Balaban J connectivity index is 0. The van der Waals surface area contributed by atoms with Gasteiger partial charge >= 0.3 is 0 Å². The first-order valence-electron chi connectivity index (χ1n) is 12.5. The number of hydrogen-bond acceptors (Lipinski definition) is 4. The molecule has 0 saturated heterocycles. The Morgan fingerprint density at radius 2 is 0.900 bits per heavy atom. The molecule has 0 aliphatic heterocycles. The molecule has 0 unspecified atom stereocenters. The molecule has 0 saturated carbocycles. The summed E-state index contributed by atoms with van der Waals surface area (Å²) in [5.41, 5.74) is 0. The van der Waals surface area contributed by atoms with E-state index in [1.807, 2.05) is 13.8 Å². The van der Waals surface area contributed by atoms with Crippen molar-refractivity contribution in [2.45, 2.75) is 119 Å². The van der Waals surface area contributed by atoms with E-state index in [1.165, 1.54) is 38.5 Å². The molecule has 2 atom stereocenters. The molecule has 0 radical (unpaired) electrons. The summed E-state index contributed by atoms with van der Waals surface area (Å²) in [6.45, 7) is 19.2. The molecule has 0 spiro atoms. The summed E-state index contributed by atoms with van der Waals surface area (Å²) in [6.07, 6.45) is 9.88. The summed E-state index contributed by atoms with van der Waals surface area (Å²) < 4.78 is 21.5. The number of methoxy groups -OCH3 is 2. The zero-order valence-electron chi connectivity index (χ0n) is 22.2. The minimum atomic E-state index is -0.0240. The Morgan fingerprint density at radius 1 is 0.533 bits per heavy atom. The first-order valence-corrected chi connectivity index (χ1v) is 12.5. The van der Waals surface area contributed by atoms with Gasteiger partial charge in [0.1, 0.15) is 0 Å². The van der Waals surface area contributed by atoms with E-state index in [2.05, 4.69) is 41.5 Å². The van der Waals surface area contributed by atoms with Crippen molar-refractivity contribution in [3.05, 3.63) is 0 Å². The average Bonchev–Trinajstić information content (AvgIpc) is 2.66. The van der Waals surface area contributed by atoms with Gasteiger partial charge in [-0.15, -0.1) is 0 Å². The highest BCUT2D eigenvalue weighted by molar-refractivity contribution is 4.59. The van der Waals surface area contributed by atoms with Crippen LogP contribution in [0.15, 0.2) is 0 Å². The van der Waals surface area contributed by atoms with Crippen molar-refractivity contribution < 1.29 is 18.9 Å². The second-order valence-electron chi connectivity index (χ2n) is 9.57. The minimum Gasteiger partial charge on any atom is -0.356 e. The molecule has 0 amide bonds. The molecule has 0 aromatic heterocycles. The quantitative estimate of drug-likeness (QED) is 0.208. The highest BCUT2D eigenvalue weighted by Crippen LogP contribution is 2.19. The fourth-order valence-corrected chi connectivity index (χ4v) is 3.49. The summed E-state index contributed by atoms with van der Waals surface area (Å²) in [5, 5.41) is 0. The van der Waals surface area contributed by atoms with Gasteiger partial charge in [-0.2, -0.15) is 0 Å². The third kappa shape index (κ3) is 22.5. The van der Waals surface area contributed by atoms with Crippen molar-refractivity contribution in [2.75, 3.05) is 27.4 Å². The van der Waals surface area contributed by atoms with Gasteiger partial charge < -0.3 is 18.9 Å². The highest BCUT2D eigenvalue weighted by Gasteiger charge is 2.13. The maximum absolute atomic E-state index is 5.56. The van der Waals surface area contributed by atoms with Gasteiger partial charge in [0.25, 0.3) is 0 Å². The Morgan fingerprint density at radius 3 is 1.20 bits per heavy atom. The molecule has 0 aliphatic rings. The van der Waals surface area contributed by atoms with E-state index in [0.29, 0.717) is 11.8 Å². The normalized spacial score (nSPS) is 13.8. The van der Waals surface area contributed by atoms with Crippen LogP contribution in [0.3, 0.4) is 0 Å². The van der Waals surface area contributed by atoms with Crippen LogP contribution >= 0.6 is 0 Å². The average molecular weight is 433 g/mol. The third-order valence-corrected chi connectivity index (χ3v) is 5.38. The van der Waals surface area contributed by atoms with Crippen molar-refractivity contribution >= 4 is 0 Å². The molecule has 0 aliphatic carbocycles. The van der Waals surface area contributed by atoms with Gasteiger partial charge in [-0.25, -0.2) is 0 Å². The van der Waals surface area contributed by atoms with Crippen LogP contribution < -0.4 is 0 Å². The summed E-state index contributed by atoms with van der Waals surface area (Å²) in [6, 6.07) is 0. The maximum atomic E-state index is 5.56. The predicted molar refractivity (Wildman–Crippen MR) is 130 cm³/mol. The van der Waals surface area contributed by atoms with E-state index in [0.717, 1.165) is 37.9 Å². The molecular formula is C26H56O4. The number of ether oxygens (including phenoxy) is 4. The Kier molecular flexibility index (Phi) is 23.5. The molecule has 0 aromatic carbocycles. The lowest BCUT2D eigenvalue weighted by Gasteiger charge is -2.21. The van der Waals surface area contributed by atoms with Crippen LogP contribution in [0.4, 0.5) is 0 Å². The molecule has 0 N–H and O–H groups in total. The Labute approximate surface area is 189 Å². The SMILES string of the molecule is CCOC(C[C@H](C)CCCC(C)C)OCC.COC(C[C@H](C)CCCC(C)C)OC. The standard InChI is InChI=1S/C14H30O2.C12H26O2/c1-6-15-14(16-7-2)11-13(5)10-8-9-12(3)4;1-10(2)7-6-8-11(3)9-12(13-4)14-5/h12-14H,6-11H2,1-5H3;10-12H,6-9H2,1-5H3/t13-;11-/m11/s1. The molecular weight excluding hydrogens is 376 g/mol. The van der Waals surface area contributed by atoms with Gasteiger partial charge in [-0.3, -0.25) is 0 Å². The van der Waals surface area contributed by atoms with E-state index in [9.17, 15) is 0 Å². The molecule has 0 aromatic rings. The van der Waals surface area contributed by atoms with Crippen LogP contribution in [0.5, 0.6) is 0 Å². The molecule has 30 heavy (non-hydrogen) atoms. The van der Waals surface area contributed by atoms with Crippen LogP contribution in [0.1, 0.15) is 107 Å². The lowest BCUT2D eigenvalue weighted by atomic mass is 9.97. The lowest BCUT2D eigenvalue weighted by Crippen LogP contribution is -2.20. The topological polar surface area (TPSA) is 36.9 Å². The van der Waals surface area contributed by atoms with Crippen molar-refractivity contribution in [1.82, 2.24) is 0 Å². The van der Waals surface area contributed by atoms with Crippen molar-refractivity contribution in [2.24, 2.45) is 23.7 Å². The molecule has 4 heteroatoms. The van der Waals surface area contributed by atoms with Gasteiger partial charge in [0.05, 0.1) is 0 Å². The van der Waals surface area contributed by atoms with Gasteiger partial charge in [-0.1, -0.05) is 80.1 Å². The Hall–Kier alpha value is -0.160. The zero-order valence-corrected chi connectivity index (χ0v) is 22.2. The molecule has 184 valence electrons. The van der Waals surface area contributed by atoms with E-state index < -0.39 is 0 Å². The lowest BCUT2D eigenvalue weighted by molar-refractivity contribution is -0.145. The minimum absolute atomic E-state index is 0.00375. The number of rotatable bonds is 18. The third-order valence-electron chi connectivity index (χ3n) is 5.38. The van der Waals surface area contributed by atoms with Gasteiger partial charge in [0.2, 0.25) is 0 Å². The highest BCUT2D eigenvalue weighted by atomic mass is 16.7. The van der Waals surface area contributed by atoms with Crippen LogP contribution in [-0.4, -0.2) is 40.0 Å². The molecule has 0 bridgehead atoms. The van der Waals surface area contributed by atoms with Crippen molar-refractivity contribution in [1.29, 1.82) is 0 Å². The molecule has 4 nitrogen and oxygen atoms in total. The predicted octanol–water partition coefficient (Wildman–Crippen LogP) is 7.70. The first kappa shape index (κ1) is 32.0. The van der Waals surface area contributed by atoms with Crippen LogP contribution in [-0.2, 0) is 18.9 Å². The summed E-state index contributed by atoms with van der Waals surface area (Å²) in [4.78, 5) is 0. The van der Waals surface area contributed by atoms with Gasteiger partial charge in [0.15, 0.2) is 12.6 Å². The first-order chi connectivity index (χ1) is 14.2. The Bertz CT molecular complexity index is 323. The van der Waals surface area contributed by atoms with Crippen LogP contribution in [0.2, 0.25) is 0 Å². The zero-order chi connectivity index (χ0) is 23.4. The van der Waals surface area contributed by atoms with Crippen LogP contribution in [0, 0.1) is 23.7 Å². The van der Waals surface area contributed by atoms with E-state index in [-0.39, 0.29) is 12.6 Å². The summed E-state index contributed by atoms with van der Waals surface area (Å²) >= 11 is 0. The second-order valence-corrected chi connectivity index (χ2v) is 9.57. The van der Waals surface area contributed by atoms with Gasteiger partial charge in [0, 0.05) is 40.3 Å². The van der Waals surface area contributed by atoms with E-state index in [1.54, 1.807) is 14.2 Å². The molecule has 0 fully saturated rings. The largest absolute Gasteiger partial charge is 0.356 e. The number of hydrogen-bond donors (Lipinski definition) is 0. The van der Waals surface area contributed by atoms with Gasteiger partial charge in [-0.05, 0) is 37.5 Å². The fourth-order valence-electron chi connectivity index (χ4n) is 3.49. The second kappa shape index (κ2) is 22.0. The molecule has 0 rings (SSSR count). The molecule has 0 heterocycles. The van der Waals surface area contributed by atoms with E-state index >= 15 is 0 Å². The maximum Gasteiger partial charge on any atom is 0.157 e. The van der Waals surface area contributed by atoms with Crippen molar-refractivity contribution in [3.63, 3.8) is 0 Å². The van der Waals surface area contributed by atoms with Crippen LogP contribution in [0.25, 0.3) is 0 Å².